The van der Waals surface area contributed by atoms with Crippen LogP contribution >= 0.6 is 0 Å². The van der Waals surface area contributed by atoms with Crippen LogP contribution in [0.2, 0.25) is 0 Å². The molecule has 10 heteroatoms. The lowest BCUT2D eigenvalue weighted by Gasteiger charge is -2.34. The zero-order valence-corrected chi connectivity index (χ0v) is 21.8. The second-order valence-electron chi connectivity index (χ2n) is 9.20. The number of halogens is 1. The van der Waals surface area contributed by atoms with Gasteiger partial charge in [0.2, 0.25) is 0 Å². The highest BCUT2D eigenvalue weighted by atomic mass is 19.1. The predicted molar refractivity (Wildman–Crippen MR) is 143 cm³/mol. The standard InChI is InChI=1S/C18H22N4O2.C10H12FNO2/c1-2-21-9-11-22(12-10-21)13-15-5-3-14(4-6-15)7-8-16-17(23)20-18(24)19-16;1-7(13)3-4-8-6-12(2)10(14)9(8)5-11/h3-6,16H,2,9-13H2,1H3,(H2,19,20,23,24);3-4,13H,1,5-6H2,2H3/b;4-3-. The number of aliphatic hydroxyl groups excluding tert-OH is 1. The lowest BCUT2D eigenvalue weighted by Crippen LogP contribution is -2.45. The topological polar surface area (TPSA) is 105 Å². The number of nitrogens with one attached hydrogen (secondary N) is 2. The molecule has 9 nitrogen and oxygen atoms in total. The van der Waals surface area contributed by atoms with Crippen LogP contribution in [0.25, 0.3) is 0 Å². The Hall–Kier alpha value is -3.94. The molecule has 3 aliphatic rings. The van der Waals surface area contributed by atoms with Crippen molar-refractivity contribution in [1.29, 1.82) is 0 Å². The number of hydrogen-bond acceptors (Lipinski definition) is 6. The van der Waals surface area contributed by atoms with Gasteiger partial charge in [-0.05, 0) is 35.9 Å². The summed E-state index contributed by atoms with van der Waals surface area (Å²) in [6, 6.07) is 6.82. The molecule has 2 fully saturated rings. The van der Waals surface area contributed by atoms with Crippen molar-refractivity contribution >= 4 is 17.8 Å². The predicted octanol–water partition coefficient (Wildman–Crippen LogP) is 1.74. The van der Waals surface area contributed by atoms with Crippen LogP contribution in [-0.4, -0.2) is 96.7 Å². The number of piperazine rings is 1. The molecule has 0 aromatic heterocycles. The van der Waals surface area contributed by atoms with Gasteiger partial charge < -0.3 is 20.2 Å². The molecule has 0 bridgehead atoms. The Balaban J connectivity index is 0.000000244. The molecular formula is C28H34FN5O4. The Morgan fingerprint density at radius 2 is 1.82 bits per heavy atom. The van der Waals surface area contributed by atoms with Crippen molar-refractivity contribution in [1.82, 2.24) is 25.3 Å². The fraction of sp³-hybridized carbons (Fsp3) is 0.393. The Labute approximate surface area is 222 Å². The summed E-state index contributed by atoms with van der Waals surface area (Å²) in [4.78, 5) is 40.1. The van der Waals surface area contributed by atoms with E-state index in [0.717, 1.165) is 44.8 Å². The molecule has 1 unspecified atom stereocenters. The molecule has 1 atom stereocenters. The summed E-state index contributed by atoms with van der Waals surface area (Å²) in [5, 5.41) is 13.4. The second kappa shape index (κ2) is 13.6. The van der Waals surface area contributed by atoms with Gasteiger partial charge in [0.05, 0.1) is 5.57 Å². The first kappa shape index (κ1) is 28.6. The third-order valence-electron chi connectivity index (χ3n) is 6.42. The first-order valence-electron chi connectivity index (χ1n) is 12.5. The molecule has 3 heterocycles. The number of aliphatic hydroxyl groups is 1. The van der Waals surface area contributed by atoms with Gasteiger partial charge in [0.1, 0.15) is 12.4 Å². The van der Waals surface area contributed by atoms with Crippen LogP contribution in [0.3, 0.4) is 0 Å². The Kier molecular flexibility index (Phi) is 10.2. The first-order chi connectivity index (χ1) is 18.2. The quantitative estimate of drug-likeness (QED) is 0.227. The molecule has 1 aromatic rings. The third-order valence-corrected chi connectivity index (χ3v) is 6.42. The highest BCUT2D eigenvalue weighted by Crippen LogP contribution is 2.19. The van der Waals surface area contributed by atoms with Crippen molar-refractivity contribution in [2.45, 2.75) is 19.5 Å². The van der Waals surface area contributed by atoms with E-state index in [2.05, 4.69) is 57.9 Å². The van der Waals surface area contributed by atoms with Crippen LogP contribution in [0.5, 0.6) is 0 Å². The molecule has 4 rings (SSSR count). The lowest BCUT2D eigenvalue weighted by atomic mass is 10.1. The van der Waals surface area contributed by atoms with Crippen LogP contribution in [0.4, 0.5) is 9.18 Å². The monoisotopic (exact) mass is 523 g/mol. The minimum absolute atomic E-state index is 0.113. The van der Waals surface area contributed by atoms with Gasteiger partial charge in [0, 0.05) is 51.9 Å². The molecule has 2 saturated heterocycles. The van der Waals surface area contributed by atoms with Gasteiger partial charge in [-0.25, -0.2) is 9.18 Å². The minimum atomic E-state index is -0.777. The molecule has 3 N–H and O–H groups in total. The van der Waals surface area contributed by atoms with E-state index >= 15 is 0 Å². The number of carbonyl (C=O) groups is 3. The van der Waals surface area contributed by atoms with E-state index in [-0.39, 0.29) is 17.2 Å². The number of allylic oxidation sites excluding steroid dienone is 1. The number of hydrogen-bond donors (Lipinski definition) is 3. The van der Waals surface area contributed by atoms with E-state index in [1.165, 1.54) is 22.6 Å². The van der Waals surface area contributed by atoms with Crippen LogP contribution < -0.4 is 10.6 Å². The Morgan fingerprint density at radius 1 is 1.16 bits per heavy atom. The van der Waals surface area contributed by atoms with Crippen molar-refractivity contribution < 1.29 is 23.9 Å². The number of amides is 4. The van der Waals surface area contributed by atoms with Gasteiger partial charge in [0.15, 0.2) is 6.04 Å². The summed E-state index contributed by atoms with van der Waals surface area (Å²) in [7, 11) is 1.60. The molecule has 38 heavy (non-hydrogen) atoms. The minimum Gasteiger partial charge on any atom is -0.509 e. The molecule has 0 saturated carbocycles. The number of likely N-dealkylation sites (N-methyl/N-ethyl adjacent to an activating group) is 2. The molecule has 202 valence electrons. The van der Waals surface area contributed by atoms with Crippen molar-refractivity contribution in [3.05, 3.63) is 71.0 Å². The summed E-state index contributed by atoms with van der Waals surface area (Å²) in [6.07, 6.45) is 2.86. The molecule has 4 amide bonds. The lowest BCUT2D eigenvalue weighted by molar-refractivity contribution is -0.124. The zero-order chi connectivity index (χ0) is 27.7. The van der Waals surface area contributed by atoms with Crippen molar-refractivity contribution in [3.8, 4) is 11.8 Å². The van der Waals surface area contributed by atoms with E-state index < -0.39 is 24.7 Å². The van der Waals surface area contributed by atoms with Crippen LogP contribution in [-0.2, 0) is 16.1 Å². The van der Waals surface area contributed by atoms with E-state index in [9.17, 15) is 18.8 Å². The van der Waals surface area contributed by atoms with Gasteiger partial charge >= 0.3 is 6.03 Å². The number of alkyl halides is 1. The molecule has 1 aromatic carbocycles. The summed E-state index contributed by atoms with van der Waals surface area (Å²) in [5.41, 5.74) is 2.85. The summed E-state index contributed by atoms with van der Waals surface area (Å²) in [6.45, 7) is 11.6. The van der Waals surface area contributed by atoms with Crippen molar-refractivity contribution in [2.75, 3.05) is 53.0 Å². The number of benzene rings is 1. The van der Waals surface area contributed by atoms with Gasteiger partial charge in [-0.1, -0.05) is 43.6 Å². The van der Waals surface area contributed by atoms with Crippen molar-refractivity contribution in [3.63, 3.8) is 0 Å². The molecular weight excluding hydrogens is 489 g/mol. The fourth-order valence-corrected chi connectivity index (χ4v) is 4.17. The molecule has 3 aliphatic heterocycles. The SMILES string of the molecule is C=C(O)/C=C\C1=C(CF)C(=O)N(C)C1.CCN1CCN(Cc2ccc(C#CC3NC(=O)NC3=O)cc2)CC1. The maximum atomic E-state index is 12.5. The fourth-order valence-electron chi connectivity index (χ4n) is 4.17. The maximum Gasteiger partial charge on any atom is 0.322 e. The van der Waals surface area contributed by atoms with E-state index in [1.807, 2.05) is 12.1 Å². The summed E-state index contributed by atoms with van der Waals surface area (Å²) < 4.78 is 12.5. The van der Waals surface area contributed by atoms with Crippen LogP contribution in [0.1, 0.15) is 18.1 Å². The number of urea groups is 1. The van der Waals surface area contributed by atoms with Gasteiger partial charge in [-0.2, -0.15) is 0 Å². The van der Waals surface area contributed by atoms with Crippen molar-refractivity contribution in [2.24, 2.45) is 0 Å². The average Bonchev–Trinajstić information content (AvgIpc) is 3.38. The van der Waals surface area contributed by atoms with Gasteiger partial charge in [0.25, 0.3) is 11.8 Å². The number of nitrogens with zero attached hydrogens (tertiary/aromatic N) is 3. The highest BCUT2D eigenvalue weighted by Gasteiger charge is 2.27. The highest BCUT2D eigenvalue weighted by molar-refractivity contribution is 6.05. The normalized spacial score (nSPS) is 20.1. The smallest absolute Gasteiger partial charge is 0.322 e. The molecule has 0 aliphatic carbocycles. The van der Waals surface area contributed by atoms with E-state index in [4.69, 9.17) is 5.11 Å². The largest absolute Gasteiger partial charge is 0.509 e. The zero-order valence-electron chi connectivity index (χ0n) is 21.8. The van der Waals surface area contributed by atoms with Gasteiger partial charge in [-0.3, -0.25) is 19.8 Å². The summed E-state index contributed by atoms with van der Waals surface area (Å²) >= 11 is 0. The second-order valence-corrected chi connectivity index (χ2v) is 9.20. The van der Waals surface area contributed by atoms with Crippen LogP contribution in [0, 0.1) is 11.8 Å². The van der Waals surface area contributed by atoms with E-state index in [0.29, 0.717) is 12.1 Å². The number of imide groups is 1. The molecule has 0 radical (unpaired) electrons. The third kappa shape index (κ3) is 8.03. The number of rotatable bonds is 6. The van der Waals surface area contributed by atoms with Gasteiger partial charge in [-0.15, -0.1) is 0 Å². The van der Waals surface area contributed by atoms with E-state index in [1.54, 1.807) is 7.05 Å². The first-order valence-corrected chi connectivity index (χ1v) is 12.5. The Morgan fingerprint density at radius 3 is 2.37 bits per heavy atom. The number of carbonyl (C=O) groups excluding carboxylic acids is 3. The average molecular weight is 524 g/mol. The van der Waals surface area contributed by atoms with Crippen LogP contribution in [0.15, 0.2) is 59.9 Å². The maximum absolute atomic E-state index is 12.5. The Bertz CT molecular complexity index is 1170. The summed E-state index contributed by atoms with van der Waals surface area (Å²) in [5.74, 6) is 4.91. The molecule has 0 spiro atoms.